The molecule has 9 heteroatoms. The van der Waals surface area contributed by atoms with Crippen LogP contribution in [0.5, 0.6) is 5.75 Å². The number of piperidine rings is 1. The number of hydrogen-bond donors (Lipinski definition) is 2. The molecule has 1 aromatic heterocycles. The number of nitrogens with one attached hydrogen (secondary N) is 2. The van der Waals surface area contributed by atoms with E-state index < -0.39 is 12.1 Å². The first kappa shape index (κ1) is 21.8. The zero-order valence-electron chi connectivity index (χ0n) is 18.4. The smallest absolute Gasteiger partial charge is 0.238 e. The lowest BCUT2D eigenvalue weighted by Gasteiger charge is -2.20. The van der Waals surface area contributed by atoms with Crippen molar-refractivity contribution in [2.45, 2.75) is 31.8 Å². The molecule has 1 saturated heterocycles. The maximum Gasteiger partial charge on any atom is 0.238 e. The van der Waals surface area contributed by atoms with Crippen LogP contribution < -0.4 is 15.4 Å². The van der Waals surface area contributed by atoms with E-state index in [-0.39, 0.29) is 5.91 Å². The molecular weight excluding hydrogens is 406 g/mol. The van der Waals surface area contributed by atoms with Crippen LogP contribution >= 0.6 is 0 Å². The number of amides is 1. The molecule has 2 aliphatic rings. The van der Waals surface area contributed by atoms with Gasteiger partial charge in [-0.3, -0.25) is 9.79 Å². The number of anilines is 1. The molecule has 2 unspecified atom stereocenters. The van der Waals surface area contributed by atoms with Gasteiger partial charge in [0.05, 0.1) is 18.5 Å². The largest absolute Gasteiger partial charge is 0.497 e. The lowest BCUT2D eigenvalue weighted by molar-refractivity contribution is -0.118. The summed E-state index contributed by atoms with van der Waals surface area (Å²) in [6.07, 6.45) is 6.44. The highest BCUT2D eigenvalue weighted by Gasteiger charge is 2.35. The number of methoxy groups -OCH3 is 1. The monoisotopic (exact) mass is 435 g/mol. The Morgan fingerprint density at radius 3 is 2.72 bits per heavy atom. The van der Waals surface area contributed by atoms with Crippen LogP contribution in [0.15, 0.2) is 53.2 Å². The molecule has 2 aromatic rings. The minimum atomic E-state index is -0.536. The molecule has 1 fully saturated rings. The first-order chi connectivity index (χ1) is 15.6. The normalized spacial score (nSPS) is 21.2. The lowest BCUT2D eigenvalue weighted by atomic mass is 9.95. The molecule has 168 valence electrons. The van der Waals surface area contributed by atoms with E-state index in [0.29, 0.717) is 11.7 Å². The van der Waals surface area contributed by atoms with Crippen LogP contribution in [0, 0.1) is 5.92 Å². The van der Waals surface area contributed by atoms with Crippen molar-refractivity contribution < 1.29 is 9.53 Å². The van der Waals surface area contributed by atoms with Crippen LogP contribution in [-0.4, -0.2) is 59.5 Å². The van der Waals surface area contributed by atoms with Gasteiger partial charge in [-0.05, 0) is 63.3 Å². The maximum absolute atomic E-state index is 13.2. The van der Waals surface area contributed by atoms with Crippen molar-refractivity contribution in [3.63, 3.8) is 0 Å². The second-order valence-electron chi connectivity index (χ2n) is 7.75. The molecule has 0 spiro atoms. The van der Waals surface area contributed by atoms with Crippen LogP contribution in [0.1, 0.15) is 31.4 Å². The Kier molecular flexibility index (Phi) is 6.65. The Labute approximate surface area is 187 Å². The van der Waals surface area contributed by atoms with Gasteiger partial charge >= 0.3 is 0 Å². The number of rotatable bonds is 7. The van der Waals surface area contributed by atoms with E-state index in [1.807, 2.05) is 37.3 Å². The SMILES string of the molecule is C=CN1N=CC(C(=O)Nc2cc(C3CCNCC3)nn2-c2ccc(OC)cc2)C1N=CC. The van der Waals surface area contributed by atoms with E-state index in [1.165, 1.54) is 0 Å². The number of aliphatic imine (C=N–C) groups is 1. The number of nitrogens with zero attached hydrogens (tertiary/aromatic N) is 5. The zero-order valence-corrected chi connectivity index (χ0v) is 18.4. The highest BCUT2D eigenvalue weighted by molar-refractivity contribution is 6.03. The number of benzene rings is 1. The molecule has 0 radical (unpaired) electrons. The molecule has 1 aromatic carbocycles. The Hall–Kier alpha value is -3.46. The molecule has 32 heavy (non-hydrogen) atoms. The van der Waals surface area contributed by atoms with Gasteiger partial charge in [-0.1, -0.05) is 6.58 Å². The minimum Gasteiger partial charge on any atom is -0.497 e. The molecule has 1 amide bonds. The van der Waals surface area contributed by atoms with Crippen LogP contribution in [0.25, 0.3) is 5.69 Å². The molecule has 3 heterocycles. The number of hydrazone groups is 1. The summed E-state index contributed by atoms with van der Waals surface area (Å²) < 4.78 is 7.06. The molecular formula is C23H29N7O2. The van der Waals surface area contributed by atoms with Crippen molar-refractivity contribution in [1.82, 2.24) is 20.1 Å². The van der Waals surface area contributed by atoms with Crippen LogP contribution in [-0.2, 0) is 4.79 Å². The van der Waals surface area contributed by atoms with Crippen molar-refractivity contribution in [1.29, 1.82) is 0 Å². The first-order valence-corrected chi connectivity index (χ1v) is 10.8. The summed E-state index contributed by atoms with van der Waals surface area (Å²) in [5.41, 5.74) is 1.82. The van der Waals surface area contributed by atoms with E-state index in [1.54, 1.807) is 35.4 Å². The third kappa shape index (κ3) is 4.43. The molecule has 2 aliphatic heterocycles. The predicted molar refractivity (Wildman–Crippen MR) is 126 cm³/mol. The summed E-state index contributed by atoms with van der Waals surface area (Å²) in [5, 5.41) is 17.2. The van der Waals surface area contributed by atoms with Gasteiger partial charge in [0, 0.05) is 24.4 Å². The van der Waals surface area contributed by atoms with Crippen LogP contribution in [0.4, 0.5) is 5.82 Å². The Morgan fingerprint density at radius 1 is 1.31 bits per heavy atom. The maximum atomic E-state index is 13.2. The standard InChI is InChI=1S/C23H29N7O2/c1-4-25-22-19(15-26-29(22)5-2)23(31)27-21-14-20(16-10-12-24-13-11-16)28-30(21)17-6-8-18(32-3)9-7-17/h4-9,14-16,19,22,24H,2,10-13H2,1,3H3,(H,27,31). The number of hydrogen-bond acceptors (Lipinski definition) is 7. The van der Waals surface area contributed by atoms with Crippen molar-refractivity contribution >= 4 is 24.2 Å². The van der Waals surface area contributed by atoms with E-state index >= 15 is 0 Å². The van der Waals surface area contributed by atoms with E-state index in [9.17, 15) is 4.79 Å². The Balaban J connectivity index is 1.63. The lowest BCUT2D eigenvalue weighted by Crippen LogP contribution is -2.35. The van der Waals surface area contributed by atoms with Crippen molar-refractivity contribution in [2.24, 2.45) is 16.0 Å². The summed E-state index contributed by atoms with van der Waals surface area (Å²) >= 11 is 0. The summed E-state index contributed by atoms with van der Waals surface area (Å²) in [6, 6.07) is 9.59. The number of carbonyl (C=O) groups is 1. The topological polar surface area (TPSA) is 96.1 Å². The van der Waals surface area contributed by atoms with Gasteiger partial charge in [0.25, 0.3) is 0 Å². The van der Waals surface area contributed by atoms with Crippen molar-refractivity contribution in [3.8, 4) is 11.4 Å². The molecule has 4 rings (SSSR count). The molecule has 9 nitrogen and oxygen atoms in total. The van der Waals surface area contributed by atoms with E-state index in [4.69, 9.17) is 9.84 Å². The third-order valence-electron chi connectivity index (χ3n) is 5.80. The van der Waals surface area contributed by atoms with Gasteiger partial charge in [0.2, 0.25) is 5.91 Å². The van der Waals surface area contributed by atoms with Gasteiger partial charge in [-0.25, -0.2) is 9.69 Å². The minimum absolute atomic E-state index is 0.194. The number of aromatic nitrogens is 2. The summed E-state index contributed by atoms with van der Waals surface area (Å²) in [4.78, 5) is 17.6. The second kappa shape index (κ2) is 9.78. The van der Waals surface area contributed by atoms with Crippen LogP contribution in [0.2, 0.25) is 0 Å². The predicted octanol–water partition coefficient (Wildman–Crippen LogP) is 2.76. The highest BCUT2D eigenvalue weighted by atomic mass is 16.5. The van der Waals surface area contributed by atoms with E-state index in [0.717, 1.165) is 43.1 Å². The fourth-order valence-corrected chi connectivity index (χ4v) is 4.07. The molecule has 2 N–H and O–H groups in total. The fourth-order valence-electron chi connectivity index (χ4n) is 4.07. The van der Waals surface area contributed by atoms with Gasteiger partial charge < -0.3 is 15.4 Å². The molecule has 0 bridgehead atoms. The van der Waals surface area contributed by atoms with Crippen molar-refractivity contribution in [3.05, 3.63) is 48.8 Å². The molecule has 0 saturated carbocycles. The summed E-state index contributed by atoms with van der Waals surface area (Å²) in [7, 11) is 1.63. The Bertz CT molecular complexity index is 1010. The third-order valence-corrected chi connectivity index (χ3v) is 5.80. The molecule has 2 atom stereocenters. The van der Waals surface area contributed by atoms with Crippen LogP contribution in [0.3, 0.4) is 0 Å². The first-order valence-electron chi connectivity index (χ1n) is 10.8. The van der Waals surface area contributed by atoms with Gasteiger partial charge in [0.1, 0.15) is 17.5 Å². The van der Waals surface area contributed by atoms with Crippen molar-refractivity contribution in [2.75, 3.05) is 25.5 Å². The Morgan fingerprint density at radius 2 is 2.06 bits per heavy atom. The summed E-state index contributed by atoms with van der Waals surface area (Å²) in [5.74, 6) is 1.01. The van der Waals surface area contributed by atoms with E-state index in [2.05, 4.69) is 27.3 Å². The van der Waals surface area contributed by atoms with Gasteiger partial charge in [-0.15, -0.1) is 0 Å². The second-order valence-corrected chi connectivity index (χ2v) is 7.75. The quantitative estimate of drug-likeness (QED) is 0.652. The van der Waals surface area contributed by atoms with Gasteiger partial charge in [0.15, 0.2) is 6.17 Å². The fraction of sp³-hybridized carbons (Fsp3) is 0.391. The number of carbonyl (C=O) groups excluding carboxylic acids is 1. The zero-order chi connectivity index (χ0) is 22.5. The summed E-state index contributed by atoms with van der Waals surface area (Å²) in [6.45, 7) is 7.50. The van der Waals surface area contributed by atoms with Gasteiger partial charge in [-0.2, -0.15) is 10.2 Å². The number of ether oxygens (including phenoxy) is 1. The molecule has 0 aliphatic carbocycles. The average Bonchev–Trinajstić information content (AvgIpc) is 3.44. The average molecular weight is 436 g/mol. The highest BCUT2D eigenvalue weighted by Crippen LogP contribution is 2.29.